The topological polar surface area (TPSA) is 96.9 Å². The van der Waals surface area contributed by atoms with E-state index in [1.807, 2.05) is 19.9 Å². The van der Waals surface area contributed by atoms with Gasteiger partial charge in [-0.1, -0.05) is 51.3 Å². The molecule has 168 valence electrons. The van der Waals surface area contributed by atoms with E-state index in [4.69, 9.17) is 16.3 Å². The number of nitrogens with zero attached hydrogens (tertiary/aromatic N) is 1. The van der Waals surface area contributed by atoms with Crippen LogP contribution in [0.3, 0.4) is 0 Å². The molecule has 2 amide bonds. The van der Waals surface area contributed by atoms with E-state index in [0.717, 1.165) is 11.1 Å². The fourth-order valence-corrected chi connectivity index (χ4v) is 3.27. The number of halogens is 2. The molecule has 0 atom stereocenters. The van der Waals surface area contributed by atoms with E-state index in [9.17, 15) is 14.4 Å². The minimum Gasteiger partial charge on any atom is -0.422 e. The molecule has 0 radical (unpaired) electrons. The highest BCUT2D eigenvalue weighted by atomic mass is 79.9. The van der Waals surface area contributed by atoms with Crippen LogP contribution in [0.25, 0.3) is 0 Å². The number of aryl methyl sites for hydroxylation is 2. The van der Waals surface area contributed by atoms with Gasteiger partial charge in [-0.2, -0.15) is 5.10 Å². The SMILES string of the molecule is Cc1cccc(C(=O)Oc2ccc(Br)cc2C=NNC(=O)C(=O)Nc2ccc(C)c(Cl)c2)c1. The largest absolute Gasteiger partial charge is 0.422 e. The summed E-state index contributed by atoms with van der Waals surface area (Å²) < 4.78 is 6.20. The average Bonchev–Trinajstić information content (AvgIpc) is 2.77. The quantitative estimate of drug-likeness (QED) is 0.160. The third kappa shape index (κ3) is 6.74. The number of benzene rings is 3. The fourth-order valence-electron chi connectivity index (χ4n) is 2.71. The molecule has 3 aromatic rings. The van der Waals surface area contributed by atoms with Gasteiger partial charge >= 0.3 is 17.8 Å². The lowest BCUT2D eigenvalue weighted by Gasteiger charge is -2.09. The van der Waals surface area contributed by atoms with Gasteiger partial charge in [-0.25, -0.2) is 10.2 Å². The first-order chi connectivity index (χ1) is 15.7. The van der Waals surface area contributed by atoms with Gasteiger partial charge in [0.2, 0.25) is 0 Å². The first-order valence-electron chi connectivity index (χ1n) is 9.72. The van der Waals surface area contributed by atoms with Crippen molar-refractivity contribution in [3.8, 4) is 5.75 Å². The highest BCUT2D eigenvalue weighted by Gasteiger charge is 2.14. The molecule has 0 bridgehead atoms. The second-order valence-corrected chi connectivity index (χ2v) is 8.38. The van der Waals surface area contributed by atoms with Gasteiger partial charge in [0.05, 0.1) is 11.8 Å². The summed E-state index contributed by atoms with van der Waals surface area (Å²) in [7, 11) is 0. The minimum absolute atomic E-state index is 0.237. The number of anilines is 1. The zero-order valence-electron chi connectivity index (χ0n) is 17.7. The molecule has 2 N–H and O–H groups in total. The molecule has 3 rings (SSSR count). The van der Waals surface area contributed by atoms with E-state index in [0.29, 0.717) is 26.3 Å². The molecule has 0 aliphatic carbocycles. The molecule has 3 aromatic carbocycles. The van der Waals surface area contributed by atoms with Crippen LogP contribution in [0.15, 0.2) is 70.2 Å². The van der Waals surface area contributed by atoms with Gasteiger partial charge in [-0.3, -0.25) is 9.59 Å². The molecule has 0 unspecified atom stereocenters. The van der Waals surface area contributed by atoms with Crippen LogP contribution < -0.4 is 15.5 Å². The summed E-state index contributed by atoms with van der Waals surface area (Å²) in [5, 5.41) is 6.72. The number of nitrogens with one attached hydrogen (secondary N) is 2. The summed E-state index contributed by atoms with van der Waals surface area (Å²) in [6.45, 7) is 3.70. The minimum atomic E-state index is -0.976. The smallest absolute Gasteiger partial charge is 0.343 e. The van der Waals surface area contributed by atoms with Crippen LogP contribution in [0.2, 0.25) is 5.02 Å². The maximum Gasteiger partial charge on any atom is 0.343 e. The van der Waals surface area contributed by atoms with Gasteiger partial charge in [0, 0.05) is 20.7 Å². The van der Waals surface area contributed by atoms with Crippen molar-refractivity contribution in [1.82, 2.24) is 5.43 Å². The van der Waals surface area contributed by atoms with Gasteiger partial charge in [-0.15, -0.1) is 0 Å². The average molecular weight is 529 g/mol. The third-order valence-electron chi connectivity index (χ3n) is 4.43. The molecule has 33 heavy (non-hydrogen) atoms. The van der Waals surface area contributed by atoms with Crippen LogP contribution in [0.4, 0.5) is 5.69 Å². The van der Waals surface area contributed by atoms with Crippen molar-refractivity contribution in [3.05, 3.63) is 92.4 Å². The van der Waals surface area contributed by atoms with E-state index >= 15 is 0 Å². The summed E-state index contributed by atoms with van der Waals surface area (Å²) in [6, 6.07) is 16.9. The van der Waals surface area contributed by atoms with Crippen molar-refractivity contribution in [1.29, 1.82) is 0 Å². The van der Waals surface area contributed by atoms with Gasteiger partial charge in [-0.05, 0) is 61.9 Å². The molecular formula is C24H19BrClN3O4. The van der Waals surface area contributed by atoms with Gasteiger partial charge < -0.3 is 10.1 Å². The Kier molecular flexibility index (Phi) is 7.97. The molecule has 0 aliphatic heterocycles. The van der Waals surface area contributed by atoms with Crippen LogP contribution >= 0.6 is 27.5 Å². The number of ether oxygens (including phenoxy) is 1. The standard InChI is InChI=1S/C24H19BrClN3O4/c1-14-4-3-5-16(10-14)24(32)33-21-9-7-18(25)11-17(21)13-27-29-23(31)22(30)28-19-8-6-15(2)20(26)12-19/h3-13H,1-2H3,(H,28,30)(H,29,31). The summed E-state index contributed by atoms with van der Waals surface area (Å²) in [6.07, 6.45) is 1.28. The van der Waals surface area contributed by atoms with E-state index < -0.39 is 17.8 Å². The van der Waals surface area contributed by atoms with Crippen LogP contribution in [0.5, 0.6) is 5.75 Å². The molecule has 0 heterocycles. The molecule has 9 heteroatoms. The molecule has 7 nitrogen and oxygen atoms in total. The highest BCUT2D eigenvalue weighted by Crippen LogP contribution is 2.23. The lowest BCUT2D eigenvalue weighted by Crippen LogP contribution is -2.32. The van der Waals surface area contributed by atoms with E-state index in [2.05, 4.69) is 31.8 Å². The molecule has 0 aromatic heterocycles. The molecular weight excluding hydrogens is 510 g/mol. The van der Waals surface area contributed by atoms with Crippen LogP contribution in [-0.4, -0.2) is 24.0 Å². The maximum atomic E-state index is 12.5. The summed E-state index contributed by atoms with van der Waals surface area (Å²) >= 11 is 9.37. The number of rotatable bonds is 5. The maximum absolute atomic E-state index is 12.5. The Labute approximate surface area is 203 Å². The van der Waals surface area contributed by atoms with Crippen LogP contribution in [0, 0.1) is 13.8 Å². The van der Waals surface area contributed by atoms with E-state index in [-0.39, 0.29) is 5.75 Å². The van der Waals surface area contributed by atoms with Gasteiger partial charge in [0.1, 0.15) is 5.75 Å². The number of carbonyl (C=O) groups excluding carboxylic acids is 3. The van der Waals surface area contributed by atoms with Gasteiger partial charge in [0.25, 0.3) is 0 Å². The number of hydrogen-bond donors (Lipinski definition) is 2. The second kappa shape index (κ2) is 10.9. The molecule has 0 saturated heterocycles. The second-order valence-electron chi connectivity index (χ2n) is 7.06. The Balaban J connectivity index is 1.67. The zero-order chi connectivity index (χ0) is 24.0. The van der Waals surface area contributed by atoms with E-state index in [1.165, 1.54) is 6.21 Å². The normalized spacial score (nSPS) is 10.7. The molecule has 0 fully saturated rings. The number of hydrogen-bond acceptors (Lipinski definition) is 5. The molecule has 0 spiro atoms. The Bertz CT molecular complexity index is 1260. The lowest BCUT2D eigenvalue weighted by atomic mass is 10.1. The highest BCUT2D eigenvalue weighted by molar-refractivity contribution is 9.10. The Morgan fingerprint density at radius 3 is 2.52 bits per heavy atom. The number of hydrazone groups is 1. The van der Waals surface area contributed by atoms with Crippen LogP contribution in [-0.2, 0) is 9.59 Å². The molecule has 0 saturated carbocycles. The van der Waals surface area contributed by atoms with Crippen molar-refractivity contribution in [2.24, 2.45) is 5.10 Å². The van der Waals surface area contributed by atoms with Crippen molar-refractivity contribution in [2.45, 2.75) is 13.8 Å². The Morgan fingerprint density at radius 2 is 1.79 bits per heavy atom. The van der Waals surface area contributed by atoms with Gasteiger partial charge in [0.15, 0.2) is 0 Å². The summed E-state index contributed by atoms with van der Waals surface area (Å²) in [5.74, 6) is -2.18. The fraction of sp³-hybridized carbons (Fsp3) is 0.0833. The van der Waals surface area contributed by atoms with Crippen molar-refractivity contribution in [2.75, 3.05) is 5.32 Å². The first-order valence-corrected chi connectivity index (χ1v) is 10.9. The van der Waals surface area contributed by atoms with Crippen molar-refractivity contribution in [3.63, 3.8) is 0 Å². The zero-order valence-corrected chi connectivity index (χ0v) is 20.0. The predicted octanol–water partition coefficient (Wildman–Crippen LogP) is 5.03. The van der Waals surface area contributed by atoms with Crippen molar-refractivity contribution >= 4 is 57.2 Å². The van der Waals surface area contributed by atoms with E-state index in [1.54, 1.807) is 54.6 Å². The first kappa shape index (κ1) is 24.2. The third-order valence-corrected chi connectivity index (χ3v) is 5.33. The lowest BCUT2D eigenvalue weighted by molar-refractivity contribution is -0.136. The summed E-state index contributed by atoms with van der Waals surface area (Å²) in [4.78, 5) is 36.6. The van der Waals surface area contributed by atoms with Crippen LogP contribution in [0.1, 0.15) is 27.0 Å². The van der Waals surface area contributed by atoms with Crippen molar-refractivity contribution < 1.29 is 19.1 Å². The monoisotopic (exact) mass is 527 g/mol. The number of carbonyl (C=O) groups is 3. The number of esters is 1. The molecule has 0 aliphatic rings. The number of amides is 2. The summed E-state index contributed by atoms with van der Waals surface area (Å²) in [5.41, 5.74) is 5.12. The Morgan fingerprint density at radius 1 is 1.00 bits per heavy atom. The Hall–Kier alpha value is -3.49. The predicted molar refractivity (Wildman–Crippen MR) is 131 cm³/mol.